The molecule has 5 heteroatoms. The van der Waals surface area contributed by atoms with E-state index in [1.807, 2.05) is 18.3 Å². The quantitative estimate of drug-likeness (QED) is 0.870. The average Bonchev–Trinajstić information content (AvgIpc) is 2.68. The van der Waals surface area contributed by atoms with E-state index >= 15 is 0 Å². The lowest BCUT2D eigenvalue weighted by Gasteiger charge is -2.40. The summed E-state index contributed by atoms with van der Waals surface area (Å²) >= 11 is 0. The zero-order valence-corrected chi connectivity index (χ0v) is 15.6. The summed E-state index contributed by atoms with van der Waals surface area (Å²) in [5.41, 5.74) is 1.40. The van der Waals surface area contributed by atoms with Gasteiger partial charge in [-0.1, -0.05) is 24.6 Å². The largest absolute Gasteiger partial charge is 0.357 e. The van der Waals surface area contributed by atoms with E-state index in [-0.39, 0.29) is 11.7 Å². The Morgan fingerprint density at radius 1 is 1.04 bits per heavy atom. The van der Waals surface area contributed by atoms with Crippen LogP contribution in [0.4, 0.5) is 10.2 Å². The van der Waals surface area contributed by atoms with Crippen molar-refractivity contribution in [2.24, 2.45) is 0 Å². The van der Waals surface area contributed by atoms with Crippen molar-refractivity contribution in [2.75, 3.05) is 18.0 Å². The first-order chi connectivity index (χ1) is 13.2. The number of hydrogen-bond donors (Lipinski definition) is 1. The van der Waals surface area contributed by atoms with Crippen LogP contribution < -0.4 is 10.2 Å². The fourth-order valence-corrected chi connectivity index (χ4v) is 4.13. The minimum Gasteiger partial charge on any atom is -0.357 e. The van der Waals surface area contributed by atoms with Gasteiger partial charge in [0.15, 0.2) is 0 Å². The third-order valence-electron chi connectivity index (χ3n) is 5.98. The smallest absolute Gasteiger partial charge is 0.230 e. The van der Waals surface area contributed by atoms with Crippen LogP contribution in [0.1, 0.15) is 49.7 Å². The molecule has 2 heterocycles. The molecular formula is C22H26FN3O. The van der Waals surface area contributed by atoms with Crippen molar-refractivity contribution in [3.05, 3.63) is 59.5 Å². The highest BCUT2D eigenvalue weighted by Crippen LogP contribution is 2.44. The number of nitrogens with zero attached hydrogens (tertiary/aromatic N) is 2. The zero-order chi connectivity index (χ0) is 18.7. The summed E-state index contributed by atoms with van der Waals surface area (Å²) in [7, 11) is 0. The molecule has 0 unspecified atom stereocenters. The second-order valence-corrected chi connectivity index (χ2v) is 7.70. The number of nitrogens with one attached hydrogen (secondary N) is 1. The van der Waals surface area contributed by atoms with Crippen LogP contribution in [0.3, 0.4) is 0 Å². The minimum atomic E-state index is -0.505. The number of amides is 1. The van der Waals surface area contributed by atoms with E-state index in [0.717, 1.165) is 49.3 Å². The van der Waals surface area contributed by atoms with Gasteiger partial charge in [-0.15, -0.1) is 0 Å². The van der Waals surface area contributed by atoms with Crippen LogP contribution in [-0.4, -0.2) is 24.0 Å². The first-order valence-electron chi connectivity index (χ1n) is 9.92. The molecule has 1 aromatic heterocycles. The van der Waals surface area contributed by atoms with Crippen molar-refractivity contribution in [2.45, 2.75) is 50.5 Å². The van der Waals surface area contributed by atoms with E-state index in [4.69, 9.17) is 0 Å². The monoisotopic (exact) mass is 367 g/mol. The molecular weight excluding hydrogens is 341 g/mol. The summed E-state index contributed by atoms with van der Waals surface area (Å²) in [6.07, 6.45) is 8.27. The third-order valence-corrected chi connectivity index (χ3v) is 5.98. The van der Waals surface area contributed by atoms with Crippen LogP contribution in [0.25, 0.3) is 0 Å². The van der Waals surface area contributed by atoms with E-state index < -0.39 is 5.41 Å². The Bertz CT molecular complexity index is 778. The highest BCUT2D eigenvalue weighted by atomic mass is 19.1. The molecule has 4 rings (SSSR count). The number of rotatable bonds is 5. The first-order valence-corrected chi connectivity index (χ1v) is 9.92. The molecule has 1 saturated heterocycles. The van der Waals surface area contributed by atoms with Gasteiger partial charge in [-0.05, 0) is 61.4 Å². The molecule has 0 spiro atoms. The molecule has 1 aromatic carbocycles. The highest BCUT2D eigenvalue weighted by molar-refractivity contribution is 5.89. The molecule has 0 radical (unpaired) electrons. The molecule has 4 nitrogen and oxygen atoms in total. The Hall–Kier alpha value is -2.43. The normalized spacial score (nSPS) is 18.6. The molecule has 1 aliphatic heterocycles. The number of benzene rings is 1. The number of halogens is 1. The first kappa shape index (κ1) is 18.0. The maximum atomic E-state index is 13.2. The zero-order valence-electron chi connectivity index (χ0n) is 15.6. The number of pyridine rings is 1. The molecule has 27 heavy (non-hydrogen) atoms. The predicted octanol–water partition coefficient (Wildman–Crippen LogP) is 3.95. The van der Waals surface area contributed by atoms with Crippen molar-refractivity contribution >= 4 is 11.7 Å². The summed E-state index contributed by atoms with van der Waals surface area (Å²) < 4.78 is 13.2. The van der Waals surface area contributed by atoms with Gasteiger partial charge >= 0.3 is 0 Å². The summed E-state index contributed by atoms with van der Waals surface area (Å²) in [5, 5.41) is 3.07. The number of anilines is 1. The van der Waals surface area contributed by atoms with Crippen LogP contribution in [0, 0.1) is 5.82 Å². The predicted molar refractivity (Wildman–Crippen MR) is 104 cm³/mol. The average molecular weight is 367 g/mol. The van der Waals surface area contributed by atoms with E-state index in [1.165, 1.54) is 31.4 Å². The summed E-state index contributed by atoms with van der Waals surface area (Å²) in [4.78, 5) is 19.8. The number of aromatic nitrogens is 1. The Kier molecular flexibility index (Phi) is 5.10. The maximum Gasteiger partial charge on any atom is 0.230 e. The van der Waals surface area contributed by atoms with Gasteiger partial charge in [-0.25, -0.2) is 9.37 Å². The molecule has 0 bridgehead atoms. The molecule has 1 amide bonds. The number of piperidine rings is 1. The topological polar surface area (TPSA) is 45.2 Å². The number of carbonyl (C=O) groups excluding carboxylic acids is 1. The van der Waals surface area contributed by atoms with E-state index in [0.29, 0.717) is 6.54 Å². The van der Waals surface area contributed by atoms with E-state index in [9.17, 15) is 9.18 Å². The summed E-state index contributed by atoms with van der Waals surface area (Å²) in [6.45, 7) is 2.61. The fourth-order valence-electron chi connectivity index (χ4n) is 4.13. The number of carbonyl (C=O) groups is 1. The van der Waals surface area contributed by atoms with Gasteiger partial charge < -0.3 is 10.2 Å². The molecule has 1 saturated carbocycles. The second kappa shape index (κ2) is 7.67. The van der Waals surface area contributed by atoms with Crippen molar-refractivity contribution in [1.82, 2.24) is 10.3 Å². The lowest BCUT2D eigenvalue weighted by molar-refractivity contribution is -0.130. The fraction of sp³-hybridized carbons (Fsp3) is 0.455. The van der Waals surface area contributed by atoms with Gasteiger partial charge in [0.05, 0.1) is 5.41 Å². The molecule has 1 aliphatic carbocycles. The van der Waals surface area contributed by atoms with Crippen LogP contribution >= 0.6 is 0 Å². The Balaban J connectivity index is 1.39. The summed E-state index contributed by atoms with van der Waals surface area (Å²) in [6, 6.07) is 10.4. The van der Waals surface area contributed by atoms with E-state index in [2.05, 4.69) is 15.2 Å². The minimum absolute atomic E-state index is 0.0282. The van der Waals surface area contributed by atoms with Crippen molar-refractivity contribution in [1.29, 1.82) is 0 Å². The van der Waals surface area contributed by atoms with Gasteiger partial charge in [-0.3, -0.25) is 4.79 Å². The van der Waals surface area contributed by atoms with Gasteiger partial charge in [0.1, 0.15) is 11.6 Å². The van der Waals surface area contributed by atoms with Crippen LogP contribution in [0.2, 0.25) is 0 Å². The van der Waals surface area contributed by atoms with Crippen molar-refractivity contribution in [3.8, 4) is 0 Å². The lowest BCUT2D eigenvalue weighted by Crippen LogP contribution is -2.49. The molecule has 2 fully saturated rings. The molecule has 0 atom stereocenters. The van der Waals surface area contributed by atoms with Crippen LogP contribution in [0.15, 0.2) is 42.6 Å². The van der Waals surface area contributed by atoms with Crippen LogP contribution in [-0.2, 0) is 16.8 Å². The maximum absolute atomic E-state index is 13.2. The SMILES string of the molecule is O=C(NCc1ccc(N2CCCCC2)nc1)C1(c2ccc(F)cc2)CCC1. The highest BCUT2D eigenvalue weighted by Gasteiger charge is 2.45. The Morgan fingerprint density at radius 2 is 1.78 bits per heavy atom. The lowest BCUT2D eigenvalue weighted by atomic mass is 9.64. The molecule has 2 aliphatic rings. The third kappa shape index (κ3) is 3.68. The summed E-state index contributed by atoms with van der Waals surface area (Å²) in [5.74, 6) is 0.778. The molecule has 2 aromatic rings. The second-order valence-electron chi connectivity index (χ2n) is 7.70. The van der Waals surface area contributed by atoms with Gasteiger partial charge in [0.2, 0.25) is 5.91 Å². The van der Waals surface area contributed by atoms with Crippen molar-refractivity contribution in [3.63, 3.8) is 0 Å². The van der Waals surface area contributed by atoms with Crippen LogP contribution in [0.5, 0.6) is 0 Å². The Labute approximate surface area is 159 Å². The number of hydrogen-bond acceptors (Lipinski definition) is 3. The molecule has 142 valence electrons. The van der Waals surface area contributed by atoms with Gasteiger partial charge in [0.25, 0.3) is 0 Å². The molecule has 1 N–H and O–H groups in total. The van der Waals surface area contributed by atoms with E-state index in [1.54, 1.807) is 12.1 Å². The van der Waals surface area contributed by atoms with Crippen molar-refractivity contribution < 1.29 is 9.18 Å². The van der Waals surface area contributed by atoms with Gasteiger partial charge in [-0.2, -0.15) is 0 Å². The Morgan fingerprint density at radius 3 is 2.37 bits per heavy atom. The standard InChI is InChI=1S/C22H26FN3O/c23-19-8-6-18(7-9-19)22(11-4-12-22)21(27)25-16-17-5-10-20(24-15-17)26-13-2-1-3-14-26/h5-10,15H,1-4,11-14,16H2,(H,25,27). The van der Waals surface area contributed by atoms with Gasteiger partial charge in [0, 0.05) is 25.8 Å².